The van der Waals surface area contributed by atoms with Crippen molar-refractivity contribution in [2.45, 2.75) is 39.2 Å². The third kappa shape index (κ3) is 5.28. The smallest absolute Gasteiger partial charge is 0.0476 e. The molecular weight excluding hydrogens is 200 g/mol. The topological polar surface area (TPSA) is 24.5 Å². The van der Waals surface area contributed by atoms with E-state index in [2.05, 4.69) is 24.1 Å². The highest BCUT2D eigenvalue weighted by molar-refractivity contribution is 4.74. The molecule has 1 atom stereocenters. The minimum absolute atomic E-state index is 0.587. The van der Waals surface area contributed by atoms with Crippen molar-refractivity contribution in [1.29, 1.82) is 0 Å². The Morgan fingerprint density at radius 2 is 2.06 bits per heavy atom. The predicted octanol–water partition coefficient (Wildman–Crippen LogP) is 1.73. The summed E-state index contributed by atoms with van der Waals surface area (Å²) in [6.45, 7) is 10.3. The fraction of sp³-hybridized carbons (Fsp3) is 1.00. The summed E-state index contributed by atoms with van der Waals surface area (Å²) >= 11 is 0. The van der Waals surface area contributed by atoms with Gasteiger partial charge in [-0.25, -0.2) is 0 Å². The predicted molar refractivity (Wildman–Crippen MR) is 68.8 cm³/mol. The van der Waals surface area contributed by atoms with Gasteiger partial charge in [0.05, 0.1) is 0 Å². The Labute approximate surface area is 101 Å². The zero-order chi connectivity index (χ0) is 11.8. The number of ether oxygens (including phenoxy) is 1. The van der Waals surface area contributed by atoms with Gasteiger partial charge in [-0.05, 0) is 58.3 Å². The normalized spacial score (nSPS) is 21.2. The van der Waals surface area contributed by atoms with Gasteiger partial charge in [0.25, 0.3) is 0 Å². The van der Waals surface area contributed by atoms with Crippen LogP contribution in [0.1, 0.15) is 33.1 Å². The molecular formula is C13H28N2O. The lowest BCUT2D eigenvalue weighted by Gasteiger charge is -2.31. The lowest BCUT2D eigenvalue weighted by atomic mass is 9.96. The summed E-state index contributed by atoms with van der Waals surface area (Å²) in [5.41, 5.74) is 0. The Hall–Kier alpha value is -0.120. The first-order chi connectivity index (χ1) is 7.76. The molecule has 1 aliphatic heterocycles. The Bertz CT molecular complexity index is 167. The molecule has 3 heteroatoms. The van der Waals surface area contributed by atoms with E-state index < -0.39 is 0 Å². The second-order valence-electron chi connectivity index (χ2n) is 4.97. The number of piperidine rings is 1. The van der Waals surface area contributed by atoms with Crippen molar-refractivity contribution in [2.24, 2.45) is 5.92 Å². The summed E-state index contributed by atoms with van der Waals surface area (Å²) in [5.74, 6) is 0.882. The van der Waals surface area contributed by atoms with Crippen molar-refractivity contribution >= 4 is 0 Å². The van der Waals surface area contributed by atoms with Gasteiger partial charge in [0.2, 0.25) is 0 Å². The minimum atomic E-state index is 0.587. The van der Waals surface area contributed by atoms with Crippen LogP contribution in [-0.4, -0.2) is 50.8 Å². The molecule has 0 aromatic rings. The molecule has 96 valence electrons. The third-order valence-corrected chi connectivity index (χ3v) is 3.66. The molecule has 1 saturated heterocycles. The standard InChI is InChI=1S/C13H28N2O/c1-4-15-8-5-13(6-9-15)11-14-12(2)7-10-16-3/h12-14H,4-11H2,1-3H3. The van der Waals surface area contributed by atoms with Gasteiger partial charge in [-0.15, -0.1) is 0 Å². The molecule has 0 spiro atoms. The van der Waals surface area contributed by atoms with E-state index >= 15 is 0 Å². The van der Waals surface area contributed by atoms with E-state index in [1.807, 2.05) is 0 Å². The van der Waals surface area contributed by atoms with Crippen LogP contribution in [0.15, 0.2) is 0 Å². The maximum atomic E-state index is 5.09. The number of nitrogens with one attached hydrogen (secondary N) is 1. The molecule has 1 N–H and O–H groups in total. The van der Waals surface area contributed by atoms with Crippen molar-refractivity contribution in [3.8, 4) is 0 Å². The minimum Gasteiger partial charge on any atom is -0.385 e. The van der Waals surface area contributed by atoms with Crippen molar-refractivity contribution in [3.63, 3.8) is 0 Å². The molecule has 1 aliphatic rings. The molecule has 1 unspecified atom stereocenters. The van der Waals surface area contributed by atoms with Crippen LogP contribution in [0.5, 0.6) is 0 Å². The number of methoxy groups -OCH3 is 1. The van der Waals surface area contributed by atoms with Crippen LogP contribution in [0.2, 0.25) is 0 Å². The summed E-state index contributed by atoms with van der Waals surface area (Å²) in [4.78, 5) is 2.55. The molecule has 3 nitrogen and oxygen atoms in total. The number of hydrogen-bond donors (Lipinski definition) is 1. The molecule has 16 heavy (non-hydrogen) atoms. The Kier molecular flexibility index (Phi) is 7.01. The van der Waals surface area contributed by atoms with Gasteiger partial charge < -0.3 is 15.0 Å². The average molecular weight is 228 g/mol. The third-order valence-electron chi connectivity index (χ3n) is 3.66. The average Bonchev–Trinajstić information content (AvgIpc) is 2.34. The number of likely N-dealkylation sites (tertiary alicyclic amines) is 1. The maximum Gasteiger partial charge on any atom is 0.0476 e. The van der Waals surface area contributed by atoms with Crippen LogP contribution >= 0.6 is 0 Å². The van der Waals surface area contributed by atoms with Crippen LogP contribution in [-0.2, 0) is 4.74 Å². The molecule has 0 aromatic heterocycles. The van der Waals surface area contributed by atoms with Gasteiger partial charge in [-0.1, -0.05) is 6.92 Å². The quantitative estimate of drug-likeness (QED) is 0.718. The van der Waals surface area contributed by atoms with Gasteiger partial charge in [0.15, 0.2) is 0 Å². The number of hydrogen-bond acceptors (Lipinski definition) is 3. The highest BCUT2D eigenvalue weighted by Gasteiger charge is 2.18. The fourth-order valence-corrected chi connectivity index (χ4v) is 2.27. The molecule has 0 aliphatic carbocycles. The van der Waals surface area contributed by atoms with Gasteiger partial charge in [0.1, 0.15) is 0 Å². The number of nitrogens with zero attached hydrogens (tertiary/aromatic N) is 1. The summed E-state index contributed by atoms with van der Waals surface area (Å²) in [6, 6.07) is 0.587. The van der Waals surface area contributed by atoms with E-state index in [1.54, 1.807) is 7.11 Å². The summed E-state index contributed by atoms with van der Waals surface area (Å²) in [7, 11) is 1.77. The summed E-state index contributed by atoms with van der Waals surface area (Å²) in [6.07, 6.45) is 3.83. The van der Waals surface area contributed by atoms with Crippen LogP contribution < -0.4 is 5.32 Å². The lowest BCUT2D eigenvalue weighted by Crippen LogP contribution is -2.39. The largest absolute Gasteiger partial charge is 0.385 e. The highest BCUT2D eigenvalue weighted by Crippen LogP contribution is 2.16. The first kappa shape index (κ1) is 13.9. The van der Waals surface area contributed by atoms with E-state index in [-0.39, 0.29) is 0 Å². The van der Waals surface area contributed by atoms with Crippen molar-refractivity contribution in [1.82, 2.24) is 10.2 Å². The lowest BCUT2D eigenvalue weighted by molar-refractivity contribution is 0.173. The van der Waals surface area contributed by atoms with E-state index in [1.165, 1.54) is 39.0 Å². The fourth-order valence-electron chi connectivity index (χ4n) is 2.27. The SMILES string of the molecule is CCN1CCC(CNC(C)CCOC)CC1. The molecule has 0 bridgehead atoms. The molecule has 0 saturated carbocycles. The summed E-state index contributed by atoms with van der Waals surface area (Å²) in [5, 5.41) is 3.62. The Balaban J connectivity index is 2.05. The van der Waals surface area contributed by atoms with E-state index in [9.17, 15) is 0 Å². The molecule has 1 rings (SSSR count). The van der Waals surface area contributed by atoms with Gasteiger partial charge in [0, 0.05) is 19.8 Å². The Morgan fingerprint density at radius 1 is 1.38 bits per heavy atom. The van der Waals surface area contributed by atoms with Gasteiger partial charge in [-0.2, -0.15) is 0 Å². The molecule has 0 amide bonds. The zero-order valence-corrected chi connectivity index (χ0v) is 11.2. The van der Waals surface area contributed by atoms with Gasteiger partial charge in [-0.3, -0.25) is 0 Å². The van der Waals surface area contributed by atoms with Crippen LogP contribution in [0.3, 0.4) is 0 Å². The van der Waals surface area contributed by atoms with E-state index in [0.717, 1.165) is 18.9 Å². The highest BCUT2D eigenvalue weighted by atomic mass is 16.5. The second-order valence-corrected chi connectivity index (χ2v) is 4.97. The first-order valence-electron chi connectivity index (χ1n) is 6.71. The monoisotopic (exact) mass is 228 g/mol. The molecule has 0 aromatic carbocycles. The first-order valence-corrected chi connectivity index (χ1v) is 6.71. The van der Waals surface area contributed by atoms with Crippen molar-refractivity contribution in [3.05, 3.63) is 0 Å². The molecule has 1 fully saturated rings. The second kappa shape index (κ2) is 8.04. The molecule has 1 heterocycles. The number of rotatable bonds is 7. The van der Waals surface area contributed by atoms with Crippen LogP contribution in [0.4, 0.5) is 0 Å². The molecule has 0 radical (unpaired) electrons. The van der Waals surface area contributed by atoms with Crippen molar-refractivity contribution < 1.29 is 4.74 Å². The van der Waals surface area contributed by atoms with E-state index in [0.29, 0.717) is 6.04 Å². The van der Waals surface area contributed by atoms with Crippen molar-refractivity contribution in [2.75, 3.05) is 39.9 Å². The van der Waals surface area contributed by atoms with E-state index in [4.69, 9.17) is 4.74 Å². The maximum absolute atomic E-state index is 5.09. The zero-order valence-electron chi connectivity index (χ0n) is 11.2. The van der Waals surface area contributed by atoms with Crippen LogP contribution in [0.25, 0.3) is 0 Å². The Morgan fingerprint density at radius 3 is 2.62 bits per heavy atom. The van der Waals surface area contributed by atoms with Gasteiger partial charge >= 0.3 is 0 Å². The van der Waals surface area contributed by atoms with Crippen LogP contribution in [0, 0.1) is 5.92 Å². The summed E-state index contributed by atoms with van der Waals surface area (Å²) < 4.78 is 5.09.